The van der Waals surface area contributed by atoms with Gasteiger partial charge in [-0.3, -0.25) is 5.10 Å². The molecule has 2 aromatic rings. The minimum Gasteiger partial charge on any atom is -0.465 e. The number of nitrogens with one attached hydrogen (secondary N) is 1. The zero-order valence-electron chi connectivity index (χ0n) is 18.7. The van der Waals surface area contributed by atoms with Crippen molar-refractivity contribution in [1.82, 2.24) is 15.1 Å². The molecule has 2 aliphatic rings. The Hall–Kier alpha value is -2.34. The first kappa shape index (κ1) is 21.9. The number of H-pyrrole nitrogens is 1. The van der Waals surface area contributed by atoms with E-state index in [0.717, 1.165) is 44.2 Å². The minimum absolute atomic E-state index is 0.0779. The summed E-state index contributed by atoms with van der Waals surface area (Å²) in [5.74, 6) is 1.04. The molecule has 1 aromatic heterocycles. The first-order chi connectivity index (χ1) is 15.0. The molecule has 1 amide bonds. The van der Waals surface area contributed by atoms with E-state index in [1.807, 2.05) is 6.20 Å². The lowest BCUT2D eigenvalue weighted by Crippen LogP contribution is -2.50. The van der Waals surface area contributed by atoms with Crippen LogP contribution < -0.4 is 0 Å². The fourth-order valence-electron chi connectivity index (χ4n) is 5.41. The first-order valence-electron chi connectivity index (χ1n) is 11.7. The molecule has 31 heavy (non-hydrogen) atoms. The van der Waals surface area contributed by atoms with E-state index in [1.165, 1.54) is 11.1 Å². The predicted octanol–water partition coefficient (Wildman–Crippen LogP) is 5.50. The van der Waals surface area contributed by atoms with Crippen LogP contribution in [0.25, 0.3) is 0 Å². The Kier molecular flexibility index (Phi) is 6.96. The number of likely N-dealkylation sites (tertiary alicyclic amines) is 1. The first-order valence-corrected chi connectivity index (χ1v) is 11.7. The number of amides is 1. The van der Waals surface area contributed by atoms with Crippen LogP contribution >= 0.6 is 0 Å². The van der Waals surface area contributed by atoms with E-state index < -0.39 is 6.09 Å². The highest BCUT2D eigenvalue weighted by Crippen LogP contribution is 2.37. The van der Waals surface area contributed by atoms with Crippen molar-refractivity contribution in [2.75, 3.05) is 13.2 Å². The van der Waals surface area contributed by atoms with Gasteiger partial charge in [-0.25, -0.2) is 4.79 Å². The van der Waals surface area contributed by atoms with Gasteiger partial charge in [0, 0.05) is 18.7 Å². The Balaban J connectivity index is 1.41. The van der Waals surface area contributed by atoms with E-state index in [0.29, 0.717) is 25.0 Å². The van der Waals surface area contributed by atoms with Crippen molar-refractivity contribution < 1.29 is 14.6 Å². The summed E-state index contributed by atoms with van der Waals surface area (Å²) in [4.78, 5) is 13.6. The molecule has 6 heteroatoms. The summed E-state index contributed by atoms with van der Waals surface area (Å²) in [6.45, 7) is 5.33. The van der Waals surface area contributed by atoms with Gasteiger partial charge in [-0.1, -0.05) is 44.2 Å². The molecule has 1 aromatic carbocycles. The van der Waals surface area contributed by atoms with E-state index in [1.54, 1.807) is 4.90 Å². The zero-order valence-corrected chi connectivity index (χ0v) is 18.7. The van der Waals surface area contributed by atoms with Crippen molar-refractivity contribution in [2.24, 2.45) is 0 Å². The molecule has 2 fully saturated rings. The monoisotopic (exact) mass is 425 g/mol. The molecule has 2 N–H and O–H groups in total. The second kappa shape index (κ2) is 9.86. The molecule has 0 unspecified atom stereocenters. The summed E-state index contributed by atoms with van der Waals surface area (Å²) in [7, 11) is 0. The van der Waals surface area contributed by atoms with Gasteiger partial charge in [-0.15, -0.1) is 0 Å². The molecule has 2 atom stereocenters. The highest BCUT2D eigenvalue weighted by Gasteiger charge is 2.38. The average Bonchev–Trinajstić information content (AvgIpc) is 3.28. The molecule has 0 bridgehead atoms. The maximum absolute atomic E-state index is 12.0. The second-order valence-electron chi connectivity index (χ2n) is 9.39. The van der Waals surface area contributed by atoms with Crippen LogP contribution in [-0.4, -0.2) is 51.6 Å². The quantitative estimate of drug-likeness (QED) is 0.640. The molecule has 1 saturated carbocycles. The maximum atomic E-state index is 12.0. The van der Waals surface area contributed by atoms with Crippen molar-refractivity contribution in [3.05, 3.63) is 53.3 Å². The van der Waals surface area contributed by atoms with Crippen LogP contribution in [0.5, 0.6) is 0 Å². The van der Waals surface area contributed by atoms with Crippen LogP contribution in [0.3, 0.4) is 0 Å². The standard InChI is InChI=1S/C25H35N3O3/c1-17(2)22-15-26-27-24(22)21-9-6-14-28(25(29)30)23(21)16-31-20-12-10-19(11-13-20)18-7-4-3-5-8-18/h3-5,7-8,15,17,19-21,23H,6,9-14,16H2,1-2H3,(H,26,27)(H,29,30)/t19-,20+,21-,23-/m0/s1. The smallest absolute Gasteiger partial charge is 0.407 e. The lowest BCUT2D eigenvalue weighted by molar-refractivity contribution is -0.0224. The topological polar surface area (TPSA) is 78.5 Å². The number of piperidine rings is 1. The SMILES string of the molecule is CC(C)c1c[nH]nc1[C@H]1CCCN(C(=O)O)[C@H]1CO[C@H]1CC[C@@H](c2ccccc2)CC1. The van der Waals surface area contributed by atoms with Crippen molar-refractivity contribution in [2.45, 2.75) is 82.3 Å². The predicted molar refractivity (Wildman–Crippen MR) is 121 cm³/mol. The van der Waals surface area contributed by atoms with Gasteiger partial charge in [0.2, 0.25) is 0 Å². The van der Waals surface area contributed by atoms with Crippen molar-refractivity contribution >= 4 is 6.09 Å². The molecule has 1 aliphatic heterocycles. The van der Waals surface area contributed by atoms with Gasteiger partial charge in [-0.05, 0) is 61.5 Å². The Morgan fingerprint density at radius 2 is 1.94 bits per heavy atom. The van der Waals surface area contributed by atoms with Gasteiger partial charge < -0.3 is 14.7 Å². The third-order valence-corrected chi connectivity index (χ3v) is 7.15. The molecule has 4 rings (SSSR count). The molecule has 2 heterocycles. The van der Waals surface area contributed by atoms with E-state index >= 15 is 0 Å². The third kappa shape index (κ3) is 4.95. The van der Waals surface area contributed by atoms with Crippen LogP contribution in [0.4, 0.5) is 4.79 Å². The second-order valence-corrected chi connectivity index (χ2v) is 9.39. The number of hydrogen-bond acceptors (Lipinski definition) is 3. The largest absolute Gasteiger partial charge is 0.465 e. The summed E-state index contributed by atoms with van der Waals surface area (Å²) in [5.41, 5.74) is 3.62. The van der Waals surface area contributed by atoms with Crippen LogP contribution in [0.1, 0.15) is 86.9 Å². The highest BCUT2D eigenvalue weighted by molar-refractivity contribution is 5.66. The Labute approximate surface area is 185 Å². The maximum Gasteiger partial charge on any atom is 0.407 e. The van der Waals surface area contributed by atoms with Crippen LogP contribution in [0, 0.1) is 0 Å². The van der Waals surface area contributed by atoms with Crippen molar-refractivity contribution in [3.8, 4) is 0 Å². The van der Waals surface area contributed by atoms with Crippen LogP contribution in [0.15, 0.2) is 36.5 Å². The lowest BCUT2D eigenvalue weighted by atomic mass is 9.82. The Bertz CT molecular complexity index is 843. The molecular weight excluding hydrogens is 390 g/mol. The summed E-state index contributed by atoms with van der Waals surface area (Å²) in [5, 5.41) is 17.4. The fraction of sp³-hybridized carbons (Fsp3) is 0.600. The minimum atomic E-state index is -0.854. The summed E-state index contributed by atoms with van der Waals surface area (Å²) >= 11 is 0. The zero-order chi connectivity index (χ0) is 21.8. The normalized spacial score (nSPS) is 26.9. The highest BCUT2D eigenvalue weighted by atomic mass is 16.5. The van der Waals surface area contributed by atoms with Crippen molar-refractivity contribution in [1.29, 1.82) is 0 Å². The van der Waals surface area contributed by atoms with Crippen LogP contribution in [-0.2, 0) is 4.74 Å². The molecule has 168 valence electrons. The molecule has 6 nitrogen and oxygen atoms in total. The number of carboxylic acid groups (broad SMARTS) is 1. The average molecular weight is 426 g/mol. The summed E-state index contributed by atoms with van der Waals surface area (Å²) in [6, 6.07) is 10.6. The van der Waals surface area contributed by atoms with Gasteiger partial charge >= 0.3 is 6.09 Å². The molecule has 0 spiro atoms. The van der Waals surface area contributed by atoms with E-state index in [-0.39, 0.29) is 18.1 Å². The number of carbonyl (C=O) groups is 1. The molecule has 1 aliphatic carbocycles. The number of benzene rings is 1. The van der Waals surface area contributed by atoms with Crippen molar-refractivity contribution in [3.63, 3.8) is 0 Å². The number of ether oxygens (including phenoxy) is 1. The van der Waals surface area contributed by atoms with E-state index in [2.05, 4.69) is 54.4 Å². The van der Waals surface area contributed by atoms with Gasteiger partial charge in [0.15, 0.2) is 0 Å². The van der Waals surface area contributed by atoms with Crippen LogP contribution in [0.2, 0.25) is 0 Å². The van der Waals surface area contributed by atoms with E-state index in [9.17, 15) is 9.90 Å². The Morgan fingerprint density at radius 1 is 1.19 bits per heavy atom. The number of hydrogen-bond donors (Lipinski definition) is 2. The third-order valence-electron chi connectivity index (χ3n) is 7.15. The Morgan fingerprint density at radius 3 is 2.61 bits per heavy atom. The number of aromatic nitrogens is 2. The van der Waals surface area contributed by atoms with Gasteiger partial charge in [-0.2, -0.15) is 5.10 Å². The number of nitrogens with zero attached hydrogens (tertiary/aromatic N) is 2. The fourth-order valence-corrected chi connectivity index (χ4v) is 5.41. The van der Waals surface area contributed by atoms with Gasteiger partial charge in [0.05, 0.1) is 24.4 Å². The number of rotatable bonds is 6. The molecule has 0 radical (unpaired) electrons. The van der Waals surface area contributed by atoms with Gasteiger partial charge in [0.1, 0.15) is 0 Å². The summed E-state index contributed by atoms with van der Waals surface area (Å²) < 4.78 is 6.37. The lowest BCUT2D eigenvalue weighted by Gasteiger charge is -2.40. The van der Waals surface area contributed by atoms with E-state index in [4.69, 9.17) is 4.74 Å². The number of aromatic amines is 1. The molecule has 1 saturated heterocycles. The summed E-state index contributed by atoms with van der Waals surface area (Å²) in [6.07, 6.45) is 7.44. The molecular formula is C25H35N3O3. The van der Waals surface area contributed by atoms with Gasteiger partial charge in [0.25, 0.3) is 0 Å².